The van der Waals surface area contributed by atoms with Gasteiger partial charge in [0.05, 0.1) is 12.3 Å². The van der Waals surface area contributed by atoms with E-state index in [2.05, 4.69) is 0 Å². The summed E-state index contributed by atoms with van der Waals surface area (Å²) in [5, 5.41) is 0. The van der Waals surface area contributed by atoms with E-state index in [1.54, 1.807) is 42.0 Å². The van der Waals surface area contributed by atoms with E-state index in [0.717, 1.165) is 5.69 Å². The zero-order chi connectivity index (χ0) is 17.8. The highest BCUT2D eigenvalue weighted by Gasteiger charge is 2.25. The first-order chi connectivity index (χ1) is 12.1. The zero-order valence-electron chi connectivity index (χ0n) is 13.8. The maximum atomic E-state index is 13.0. The molecule has 5 heteroatoms. The molecule has 0 unspecified atom stereocenters. The lowest BCUT2D eigenvalue weighted by molar-refractivity contribution is 0.0527. The van der Waals surface area contributed by atoms with Gasteiger partial charge in [-0.05, 0) is 19.1 Å². The number of nitrogens with zero attached hydrogens (tertiary/aromatic N) is 1. The number of hydrogen-bond donors (Lipinski definition) is 1. The first-order valence-corrected chi connectivity index (χ1v) is 7.96. The highest BCUT2D eigenvalue weighted by Crippen LogP contribution is 2.27. The largest absolute Gasteiger partial charge is 0.462 e. The summed E-state index contributed by atoms with van der Waals surface area (Å²) in [5.74, 6) is -0.797. The van der Waals surface area contributed by atoms with Gasteiger partial charge in [0.25, 0.3) is 0 Å². The first kappa shape index (κ1) is 16.5. The number of rotatable bonds is 5. The van der Waals surface area contributed by atoms with E-state index < -0.39 is 5.97 Å². The van der Waals surface area contributed by atoms with Crippen LogP contribution in [-0.2, 0) is 4.74 Å². The predicted molar refractivity (Wildman–Crippen MR) is 96.0 cm³/mol. The van der Waals surface area contributed by atoms with Gasteiger partial charge in [-0.1, -0.05) is 48.5 Å². The molecule has 0 saturated carbocycles. The van der Waals surface area contributed by atoms with Gasteiger partial charge in [-0.3, -0.25) is 4.79 Å². The van der Waals surface area contributed by atoms with E-state index in [4.69, 9.17) is 10.5 Å². The third kappa shape index (κ3) is 3.17. The Labute approximate surface area is 145 Å². The molecule has 1 aromatic heterocycles. The Kier molecular flexibility index (Phi) is 4.66. The van der Waals surface area contributed by atoms with Gasteiger partial charge in [-0.2, -0.15) is 0 Å². The number of nitrogens with two attached hydrogens (primary N) is 1. The number of carbonyl (C=O) groups excluding carboxylic acids is 2. The third-order valence-corrected chi connectivity index (χ3v) is 3.83. The van der Waals surface area contributed by atoms with Crippen molar-refractivity contribution in [2.24, 2.45) is 0 Å². The molecule has 0 saturated heterocycles. The minimum absolute atomic E-state index is 0.121. The summed E-state index contributed by atoms with van der Waals surface area (Å²) in [6.07, 6.45) is 1.55. The molecule has 5 nitrogen and oxygen atoms in total. The number of nitrogen functional groups attached to an aromatic ring is 1. The van der Waals surface area contributed by atoms with Crippen LogP contribution >= 0.6 is 0 Å². The van der Waals surface area contributed by atoms with Crippen LogP contribution < -0.4 is 5.73 Å². The van der Waals surface area contributed by atoms with Crippen LogP contribution in [0.15, 0.2) is 66.9 Å². The number of para-hydroxylation sites is 1. The predicted octanol–water partition coefficient (Wildman–Crippen LogP) is 3.47. The summed E-state index contributed by atoms with van der Waals surface area (Å²) < 4.78 is 6.69. The van der Waals surface area contributed by atoms with E-state index in [-0.39, 0.29) is 29.3 Å². The molecule has 0 aliphatic heterocycles. The number of aromatic nitrogens is 1. The lowest BCUT2D eigenvalue weighted by Crippen LogP contribution is -2.11. The van der Waals surface area contributed by atoms with Gasteiger partial charge in [-0.25, -0.2) is 4.79 Å². The highest BCUT2D eigenvalue weighted by molar-refractivity contribution is 6.14. The summed E-state index contributed by atoms with van der Waals surface area (Å²) in [5.41, 5.74) is 7.97. The average Bonchev–Trinajstić information content (AvgIpc) is 3.00. The molecule has 3 rings (SSSR count). The number of esters is 1. The molecule has 0 spiro atoms. The highest BCUT2D eigenvalue weighted by atomic mass is 16.5. The lowest BCUT2D eigenvalue weighted by Gasteiger charge is -2.09. The van der Waals surface area contributed by atoms with E-state index in [0.29, 0.717) is 5.56 Å². The van der Waals surface area contributed by atoms with Gasteiger partial charge in [0.15, 0.2) is 0 Å². The van der Waals surface area contributed by atoms with Crippen molar-refractivity contribution in [3.8, 4) is 5.69 Å². The first-order valence-electron chi connectivity index (χ1n) is 7.96. The smallest absolute Gasteiger partial charge is 0.341 e. The normalized spacial score (nSPS) is 10.4. The number of ether oxygens (including phenoxy) is 1. The molecular formula is C20H18N2O3. The molecule has 0 aliphatic carbocycles. The second-order valence-electron chi connectivity index (χ2n) is 5.43. The fraction of sp³-hybridized carbons (Fsp3) is 0.100. The second kappa shape index (κ2) is 7.05. The molecule has 0 aliphatic rings. The summed E-state index contributed by atoms with van der Waals surface area (Å²) in [6.45, 7) is 1.95. The average molecular weight is 334 g/mol. The SMILES string of the molecule is CCOC(=O)c1cn(-c2ccccc2)c(C(=O)c2ccccc2)c1N. The number of carbonyl (C=O) groups is 2. The topological polar surface area (TPSA) is 74.3 Å². The molecule has 3 aromatic rings. The van der Waals surface area contributed by atoms with Crippen molar-refractivity contribution in [1.29, 1.82) is 0 Å². The Morgan fingerprint density at radius 2 is 1.60 bits per heavy atom. The van der Waals surface area contributed by atoms with Crippen molar-refractivity contribution >= 4 is 17.4 Å². The van der Waals surface area contributed by atoms with Gasteiger partial charge in [0.2, 0.25) is 5.78 Å². The van der Waals surface area contributed by atoms with Crippen LogP contribution in [0.25, 0.3) is 5.69 Å². The summed E-state index contributed by atoms with van der Waals surface area (Å²) in [6, 6.07) is 18.1. The molecule has 2 aromatic carbocycles. The van der Waals surface area contributed by atoms with Crippen molar-refractivity contribution < 1.29 is 14.3 Å². The summed E-state index contributed by atoms with van der Waals surface area (Å²) in [4.78, 5) is 25.2. The molecule has 25 heavy (non-hydrogen) atoms. The van der Waals surface area contributed by atoms with Gasteiger partial charge in [-0.15, -0.1) is 0 Å². The van der Waals surface area contributed by atoms with E-state index in [9.17, 15) is 9.59 Å². The number of benzene rings is 2. The molecular weight excluding hydrogens is 316 g/mol. The summed E-state index contributed by atoms with van der Waals surface area (Å²) in [7, 11) is 0. The van der Waals surface area contributed by atoms with Crippen molar-refractivity contribution in [2.75, 3.05) is 12.3 Å². The molecule has 0 amide bonds. The van der Waals surface area contributed by atoms with Crippen LogP contribution in [-0.4, -0.2) is 22.9 Å². The van der Waals surface area contributed by atoms with Crippen LogP contribution in [0, 0.1) is 0 Å². The lowest BCUT2D eigenvalue weighted by atomic mass is 10.1. The minimum Gasteiger partial charge on any atom is -0.462 e. The van der Waals surface area contributed by atoms with Crippen LogP contribution in [0.4, 0.5) is 5.69 Å². The number of anilines is 1. The van der Waals surface area contributed by atoms with E-state index >= 15 is 0 Å². The monoisotopic (exact) mass is 334 g/mol. The molecule has 0 atom stereocenters. The van der Waals surface area contributed by atoms with Crippen molar-refractivity contribution in [3.63, 3.8) is 0 Å². The molecule has 0 bridgehead atoms. The third-order valence-electron chi connectivity index (χ3n) is 3.83. The van der Waals surface area contributed by atoms with E-state index in [1.165, 1.54) is 0 Å². The minimum atomic E-state index is -0.545. The molecule has 126 valence electrons. The quantitative estimate of drug-likeness (QED) is 0.573. The van der Waals surface area contributed by atoms with Crippen molar-refractivity contribution in [3.05, 3.63) is 83.7 Å². The fourth-order valence-electron chi connectivity index (χ4n) is 2.64. The Morgan fingerprint density at radius 1 is 1.00 bits per heavy atom. The Hall–Kier alpha value is -3.34. The van der Waals surface area contributed by atoms with Gasteiger partial charge in [0.1, 0.15) is 11.3 Å². The van der Waals surface area contributed by atoms with Gasteiger partial charge >= 0.3 is 5.97 Å². The fourth-order valence-corrected chi connectivity index (χ4v) is 2.64. The van der Waals surface area contributed by atoms with Crippen LogP contribution in [0.5, 0.6) is 0 Å². The van der Waals surface area contributed by atoms with Crippen molar-refractivity contribution in [2.45, 2.75) is 6.92 Å². The van der Waals surface area contributed by atoms with Crippen LogP contribution in [0.1, 0.15) is 33.3 Å². The second-order valence-corrected chi connectivity index (χ2v) is 5.43. The van der Waals surface area contributed by atoms with E-state index in [1.807, 2.05) is 36.4 Å². The van der Waals surface area contributed by atoms with Crippen LogP contribution in [0.2, 0.25) is 0 Å². The Balaban J connectivity index is 2.18. The van der Waals surface area contributed by atoms with Crippen LogP contribution in [0.3, 0.4) is 0 Å². The number of ketones is 1. The molecule has 0 radical (unpaired) electrons. The van der Waals surface area contributed by atoms with Crippen molar-refractivity contribution in [1.82, 2.24) is 4.57 Å². The Bertz CT molecular complexity index is 899. The zero-order valence-corrected chi connectivity index (χ0v) is 13.8. The summed E-state index contributed by atoms with van der Waals surface area (Å²) >= 11 is 0. The van der Waals surface area contributed by atoms with Gasteiger partial charge < -0.3 is 15.0 Å². The molecule has 2 N–H and O–H groups in total. The standard InChI is InChI=1S/C20H18N2O3/c1-2-25-20(24)16-13-22(15-11-7-4-8-12-15)18(17(16)21)19(23)14-9-5-3-6-10-14/h3-13H,2,21H2,1H3. The molecule has 1 heterocycles. The maximum Gasteiger partial charge on any atom is 0.341 e. The van der Waals surface area contributed by atoms with Gasteiger partial charge in [0, 0.05) is 17.4 Å². The maximum absolute atomic E-state index is 13.0. The number of hydrogen-bond acceptors (Lipinski definition) is 4. The molecule has 0 fully saturated rings. The Morgan fingerprint density at radius 3 is 2.20 bits per heavy atom.